The van der Waals surface area contributed by atoms with Crippen molar-refractivity contribution in [2.75, 3.05) is 19.5 Å². The van der Waals surface area contributed by atoms with Crippen LogP contribution in [0.2, 0.25) is 0 Å². The first-order chi connectivity index (χ1) is 9.73. The van der Waals surface area contributed by atoms with E-state index in [9.17, 15) is 23.3 Å². The summed E-state index contributed by atoms with van der Waals surface area (Å²) in [5.41, 5.74) is -0.430. The number of benzene rings is 1. The summed E-state index contributed by atoms with van der Waals surface area (Å²) >= 11 is 0. The molecule has 1 rings (SSSR count). The normalized spacial score (nSPS) is 10.8. The topological polar surface area (TPSA) is 122 Å². The minimum atomic E-state index is -3.78. The number of nitro groups is 1. The maximum atomic E-state index is 11.2. The fraction of sp³-hybridized carbons (Fsp3) is 0.364. The fourth-order valence-electron chi connectivity index (χ4n) is 1.33. The molecule has 0 aliphatic rings. The van der Waals surface area contributed by atoms with Crippen LogP contribution in [0.3, 0.4) is 0 Å². The van der Waals surface area contributed by atoms with Crippen LogP contribution >= 0.6 is 0 Å². The highest BCUT2D eigenvalue weighted by atomic mass is 32.2. The van der Waals surface area contributed by atoms with Gasteiger partial charge in [-0.2, -0.15) is 8.42 Å². The van der Waals surface area contributed by atoms with E-state index in [1.165, 1.54) is 0 Å². The third-order valence-electron chi connectivity index (χ3n) is 2.03. The van der Waals surface area contributed by atoms with E-state index in [1.54, 1.807) is 6.92 Å². The van der Waals surface area contributed by atoms with Crippen molar-refractivity contribution in [2.24, 2.45) is 0 Å². The van der Waals surface area contributed by atoms with Gasteiger partial charge in [-0.3, -0.25) is 10.1 Å². The summed E-state index contributed by atoms with van der Waals surface area (Å²) in [7, 11) is -3.78. The number of nitrogens with zero attached hydrogens (tertiary/aromatic N) is 1. The van der Waals surface area contributed by atoms with Gasteiger partial charge in [0.05, 0.1) is 17.8 Å². The Kier molecular flexibility index (Phi) is 5.47. The van der Waals surface area contributed by atoms with Crippen molar-refractivity contribution < 1.29 is 31.8 Å². The molecule has 9 nitrogen and oxygen atoms in total. The van der Waals surface area contributed by atoms with E-state index < -0.39 is 33.3 Å². The van der Waals surface area contributed by atoms with Gasteiger partial charge in [-0.15, -0.1) is 0 Å². The number of rotatable bonds is 7. The first kappa shape index (κ1) is 16.7. The predicted octanol–water partition coefficient (Wildman–Crippen LogP) is 0.875. The SMILES string of the molecule is CCOC(=O)COc1cc(OS(C)(=O)=O)ccc1[N+](=O)[O-]. The van der Waals surface area contributed by atoms with Crippen LogP contribution in [0.1, 0.15) is 6.92 Å². The maximum Gasteiger partial charge on any atom is 0.344 e. The monoisotopic (exact) mass is 319 g/mol. The highest BCUT2D eigenvalue weighted by Crippen LogP contribution is 2.31. The molecule has 1 aromatic carbocycles. The Bertz CT molecular complexity index is 640. The van der Waals surface area contributed by atoms with Gasteiger partial charge in [-0.25, -0.2) is 4.79 Å². The number of esters is 1. The van der Waals surface area contributed by atoms with Crippen LogP contribution in [-0.4, -0.2) is 38.8 Å². The van der Waals surface area contributed by atoms with Gasteiger partial charge >= 0.3 is 21.8 Å². The second kappa shape index (κ2) is 6.88. The van der Waals surface area contributed by atoms with Crippen LogP contribution in [0.25, 0.3) is 0 Å². The van der Waals surface area contributed by atoms with Crippen molar-refractivity contribution in [1.82, 2.24) is 0 Å². The smallest absolute Gasteiger partial charge is 0.344 e. The zero-order valence-corrected chi connectivity index (χ0v) is 12.1. The van der Waals surface area contributed by atoms with Gasteiger partial charge in [0.2, 0.25) is 5.75 Å². The molecule has 0 saturated carbocycles. The number of hydrogen-bond acceptors (Lipinski definition) is 8. The van der Waals surface area contributed by atoms with Crippen LogP contribution in [0.15, 0.2) is 18.2 Å². The summed E-state index contributed by atoms with van der Waals surface area (Å²) in [6, 6.07) is 3.13. The van der Waals surface area contributed by atoms with Crippen LogP contribution in [0.4, 0.5) is 5.69 Å². The Hall–Kier alpha value is -2.36. The molecule has 21 heavy (non-hydrogen) atoms. The molecule has 0 aliphatic heterocycles. The molecule has 1 aromatic rings. The predicted molar refractivity (Wildman–Crippen MR) is 70.7 cm³/mol. The quantitative estimate of drug-likeness (QED) is 0.314. The Morgan fingerprint density at radius 1 is 1.38 bits per heavy atom. The van der Waals surface area contributed by atoms with Gasteiger partial charge in [0.1, 0.15) is 5.75 Å². The number of carbonyl (C=O) groups excluding carboxylic acids is 1. The molecule has 0 atom stereocenters. The van der Waals surface area contributed by atoms with Crippen molar-refractivity contribution in [1.29, 1.82) is 0 Å². The summed E-state index contributed by atoms with van der Waals surface area (Å²) < 4.78 is 36.2. The van der Waals surface area contributed by atoms with Crippen molar-refractivity contribution in [3.63, 3.8) is 0 Å². The second-order valence-corrected chi connectivity index (χ2v) is 5.34. The minimum Gasteiger partial charge on any atom is -0.475 e. The molecular weight excluding hydrogens is 306 g/mol. The molecule has 0 aliphatic carbocycles. The Morgan fingerprint density at radius 2 is 2.05 bits per heavy atom. The summed E-state index contributed by atoms with van der Waals surface area (Å²) in [5.74, 6) is -1.17. The van der Waals surface area contributed by atoms with Crippen molar-refractivity contribution in [3.8, 4) is 11.5 Å². The molecule has 0 fully saturated rings. The number of carbonyl (C=O) groups is 1. The van der Waals surface area contributed by atoms with Crippen LogP contribution in [0, 0.1) is 10.1 Å². The standard InChI is InChI=1S/C11H13NO8S/c1-3-18-11(13)7-19-10-6-8(20-21(2,16)17)4-5-9(10)12(14)15/h4-6H,3,7H2,1-2H3. The van der Waals surface area contributed by atoms with Gasteiger partial charge in [0.25, 0.3) is 0 Å². The van der Waals surface area contributed by atoms with Crippen molar-refractivity contribution in [3.05, 3.63) is 28.3 Å². The van der Waals surface area contributed by atoms with Crippen LogP contribution < -0.4 is 8.92 Å². The molecule has 0 spiro atoms. The summed E-state index contributed by atoms with van der Waals surface area (Å²) in [4.78, 5) is 21.3. The van der Waals surface area contributed by atoms with Gasteiger partial charge in [0.15, 0.2) is 6.61 Å². The van der Waals surface area contributed by atoms with E-state index in [4.69, 9.17) is 4.74 Å². The Balaban J connectivity index is 2.99. The number of nitro benzene ring substituents is 1. The highest BCUT2D eigenvalue weighted by Gasteiger charge is 2.19. The first-order valence-corrected chi connectivity index (χ1v) is 7.51. The molecule has 0 saturated heterocycles. The molecule has 0 heterocycles. The number of ether oxygens (including phenoxy) is 2. The second-order valence-electron chi connectivity index (χ2n) is 3.77. The Labute approximate surface area is 120 Å². The van der Waals surface area contributed by atoms with E-state index in [0.29, 0.717) is 0 Å². The lowest BCUT2D eigenvalue weighted by molar-refractivity contribution is -0.385. The zero-order valence-electron chi connectivity index (χ0n) is 11.3. The van der Waals surface area contributed by atoms with Gasteiger partial charge in [-0.05, 0) is 13.0 Å². The summed E-state index contributed by atoms with van der Waals surface area (Å²) in [5, 5.41) is 10.8. The van der Waals surface area contributed by atoms with Crippen molar-refractivity contribution >= 4 is 21.8 Å². The van der Waals surface area contributed by atoms with Gasteiger partial charge in [0, 0.05) is 12.1 Å². The van der Waals surface area contributed by atoms with E-state index in [2.05, 4.69) is 8.92 Å². The maximum absolute atomic E-state index is 11.2. The largest absolute Gasteiger partial charge is 0.475 e. The van der Waals surface area contributed by atoms with E-state index >= 15 is 0 Å². The van der Waals surface area contributed by atoms with Crippen molar-refractivity contribution in [2.45, 2.75) is 6.92 Å². The highest BCUT2D eigenvalue weighted by molar-refractivity contribution is 7.86. The average molecular weight is 319 g/mol. The van der Waals surface area contributed by atoms with E-state index in [0.717, 1.165) is 24.5 Å². The molecule has 0 unspecified atom stereocenters. The minimum absolute atomic E-state index is 0.140. The fourth-order valence-corrected chi connectivity index (χ4v) is 1.78. The average Bonchev–Trinajstić information content (AvgIpc) is 2.34. The molecule has 0 N–H and O–H groups in total. The molecular formula is C11H13NO8S. The molecule has 0 radical (unpaired) electrons. The summed E-state index contributed by atoms with van der Waals surface area (Å²) in [6.07, 6.45) is 0.827. The van der Waals surface area contributed by atoms with Crippen LogP contribution in [-0.2, 0) is 19.6 Å². The van der Waals surface area contributed by atoms with Gasteiger partial charge in [-0.1, -0.05) is 0 Å². The molecule has 10 heteroatoms. The lowest BCUT2D eigenvalue weighted by Gasteiger charge is -2.08. The molecule has 0 bridgehead atoms. The molecule has 0 amide bonds. The molecule has 116 valence electrons. The van der Waals surface area contributed by atoms with E-state index in [1.807, 2.05) is 0 Å². The number of hydrogen-bond donors (Lipinski definition) is 0. The third kappa shape index (κ3) is 5.65. The lowest BCUT2D eigenvalue weighted by atomic mass is 10.3. The summed E-state index contributed by atoms with van der Waals surface area (Å²) in [6.45, 7) is 1.19. The lowest BCUT2D eigenvalue weighted by Crippen LogP contribution is -2.15. The first-order valence-electron chi connectivity index (χ1n) is 5.69. The van der Waals surface area contributed by atoms with Crippen LogP contribution in [0.5, 0.6) is 11.5 Å². The third-order valence-corrected chi connectivity index (χ3v) is 2.52. The van der Waals surface area contributed by atoms with Gasteiger partial charge < -0.3 is 13.7 Å². The zero-order chi connectivity index (χ0) is 16.0. The Morgan fingerprint density at radius 3 is 2.57 bits per heavy atom. The van der Waals surface area contributed by atoms with E-state index in [-0.39, 0.29) is 18.1 Å². The molecule has 0 aromatic heterocycles.